The minimum atomic E-state index is 0.0902. The molecule has 2 amide bonds. The maximum Gasteiger partial charge on any atom is 0.286 e. The normalized spacial score (nSPS) is 15.6. The average molecular weight is 383 g/mol. The lowest BCUT2D eigenvalue weighted by Crippen LogP contribution is -2.86. The van der Waals surface area contributed by atoms with Crippen LogP contribution in [-0.2, 0) is 9.59 Å². The lowest BCUT2D eigenvalue weighted by atomic mass is 10.2. The van der Waals surface area contributed by atoms with Crippen molar-refractivity contribution in [2.75, 3.05) is 31.1 Å². The van der Waals surface area contributed by atoms with E-state index in [1.54, 1.807) is 11.8 Å². The van der Waals surface area contributed by atoms with E-state index in [2.05, 4.69) is 17.4 Å². The van der Waals surface area contributed by atoms with Gasteiger partial charge in [-0.15, -0.1) is 0 Å². The summed E-state index contributed by atoms with van der Waals surface area (Å²) in [5, 5.41) is 2.05. The number of hydrogen-bond donors (Lipinski definition) is 1. The highest BCUT2D eigenvalue weighted by molar-refractivity contribution is 7.99. The SMILES string of the molecule is O=C1CCCN1CCC[NH2+]CC(=O)N1c2ccccc2Sc2ccccc21. The molecule has 0 bridgehead atoms. The maximum atomic E-state index is 13.0. The van der Waals surface area contributed by atoms with Gasteiger partial charge in [0.1, 0.15) is 0 Å². The maximum absolute atomic E-state index is 13.0. The number of hydrogen-bond acceptors (Lipinski definition) is 3. The van der Waals surface area contributed by atoms with Gasteiger partial charge in [0.2, 0.25) is 5.91 Å². The van der Waals surface area contributed by atoms with E-state index in [0.29, 0.717) is 13.0 Å². The lowest BCUT2D eigenvalue weighted by molar-refractivity contribution is -0.643. The molecule has 0 saturated carbocycles. The molecule has 0 unspecified atom stereocenters. The van der Waals surface area contributed by atoms with Crippen molar-refractivity contribution >= 4 is 35.0 Å². The van der Waals surface area contributed by atoms with Crippen molar-refractivity contribution in [1.29, 1.82) is 0 Å². The van der Waals surface area contributed by atoms with Crippen LogP contribution in [0.25, 0.3) is 0 Å². The molecule has 0 aliphatic carbocycles. The van der Waals surface area contributed by atoms with Gasteiger partial charge in [0.05, 0.1) is 17.9 Å². The molecule has 6 heteroatoms. The standard InChI is InChI=1S/C21H23N3O2S/c25-20-11-5-13-23(20)14-6-12-22-15-21(26)24-16-7-1-3-9-18(16)27-19-10-4-2-8-17(19)24/h1-4,7-10,22H,5-6,11-15H2/p+1. The Kier molecular flexibility index (Phi) is 5.45. The Bertz CT molecular complexity index is 809. The van der Waals surface area contributed by atoms with E-state index in [0.717, 1.165) is 53.6 Å². The molecule has 140 valence electrons. The molecule has 1 fully saturated rings. The van der Waals surface area contributed by atoms with Gasteiger partial charge in [-0.3, -0.25) is 14.5 Å². The average Bonchev–Trinajstić information content (AvgIpc) is 3.10. The first-order chi connectivity index (χ1) is 13.2. The molecule has 2 N–H and O–H groups in total. The van der Waals surface area contributed by atoms with Crippen LogP contribution in [0.4, 0.5) is 11.4 Å². The number of nitrogens with two attached hydrogens (primary N) is 1. The Hall–Kier alpha value is -2.31. The van der Waals surface area contributed by atoms with Crippen LogP contribution >= 0.6 is 11.8 Å². The van der Waals surface area contributed by atoms with Crippen LogP contribution in [0.3, 0.4) is 0 Å². The van der Waals surface area contributed by atoms with Crippen LogP contribution in [0.2, 0.25) is 0 Å². The largest absolute Gasteiger partial charge is 0.342 e. The number of carbonyl (C=O) groups is 2. The fourth-order valence-electron chi connectivity index (χ4n) is 3.66. The molecule has 0 spiro atoms. The Labute approximate surface area is 163 Å². The zero-order valence-corrected chi connectivity index (χ0v) is 16.1. The number of likely N-dealkylation sites (tertiary alicyclic amines) is 1. The van der Waals surface area contributed by atoms with Gasteiger partial charge in [-0.05, 0) is 30.7 Å². The summed E-state index contributed by atoms with van der Waals surface area (Å²) >= 11 is 1.71. The van der Waals surface area contributed by atoms with Gasteiger partial charge in [0, 0.05) is 35.7 Å². The fraction of sp³-hybridized carbons (Fsp3) is 0.333. The van der Waals surface area contributed by atoms with Crippen molar-refractivity contribution in [3.63, 3.8) is 0 Å². The summed E-state index contributed by atoms with van der Waals surface area (Å²) in [6, 6.07) is 16.1. The molecule has 4 rings (SSSR count). The summed E-state index contributed by atoms with van der Waals surface area (Å²) in [7, 11) is 0. The van der Waals surface area contributed by atoms with Gasteiger partial charge in [0.15, 0.2) is 6.54 Å². The third-order valence-corrected chi connectivity index (χ3v) is 6.14. The summed E-state index contributed by atoms with van der Waals surface area (Å²) in [6.07, 6.45) is 2.59. The van der Waals surface area contributed by atoms with Gasteiger partial charge in [-0.2, -0.15) is 0 Å². The summed E-state index contributed by atoms with van der Waals surface area (Å²) in [5.74, 6) is 0.359. The fourth-order valence-corrected chi connectivity index (χ4v) is 4.72. The zero-order valence-electron chi connectivity index (χ0n) is 15.3. The summed E-state index contributed by atoms with van der Waals surface area (Å²) in [6.45, 7) is 2.94. The van der Waals surface area contributed by atoms with E-state index >= 15 is 0 Å². The number of quaternary nitrogens is 1. The predicted octanol–water partition coefficient (Wildman–Crippen LogP) is 2.39. The van der Waals surface area contributed by atoms with Gasteiger partial charge >= 0.3 is 0 Å². The van der Waals surface area contributed by atoms with Crippen molar-refractivity contribution in [3.8, 4) is 0 Å². The number of anilines is 2. The van der Waals surface area contributed by atoms with Gasteiger partial charge in [-0.25, -0.2) is 0 Å². The summed E-state index contributed by atoms with van der Waals surface area (Å²) in [4.78, 5) is 30.7. The lowest BCUT2D eigenvalue weighted by Gasteiger charge is -2.30. The van der Waals surface area contributed by atoms with Crippen LogP contribution in [0.1, 0.15) is 19.3 Å². The second-order valence-corrected chi connectivity index (χ2v) is 7.97. The van der Waals surface area contributed by atoms with Crippen LogP contribution in [0.5, 0.6) is 0 Å². The number of para-hydroxylation sites is 2. The third-order valence-electron chi connectivity index (χ3n) is 5.01. The molecule has 2 aliphatic heterocycles. The minimum Gasteiger partial charge on any atom is -0.342 e. The van der Waals surface area contributed by atoms with E-state index in [4.69, 9.17) is 0 Å². The highest BCUT2D eigenvalue weighted by Crippen LogP contribution is 2.47. The number of fused-ring (bicyclic) bond motifs is 2. The first-order valence-corrected chi connectivity index (χ1v) is 10.3. The number of benzene rings is 2. The van der Waals surface area contributed by atoms with Crippen molar-refractivity contribution < 1.29 is 14.9 Å². The Morgan fingerprint density at radius 2 is 1.70 bits per heavy atom. The van der Waals surface area contributed by atoms with Crippen LogP contribution in [-0.4, -0.2) is 42.9 Å². The monoisotopic (exact) mass is 382 g/mol. The van der Waals surface area contributed by atoms with Crippen LogP contribution < -0.4 is 10.2 Å². The topological polar surface area (TPSA) is 57.2 Å². The summed E-state index contributed by atoms with van der Waals surface area (Å²) in [5.41, 5.74) is 1.92. The Morgan fingerprint density at radius 1 is 1.04 bits per heavy atom. The van der Waals surface area contributed by atoms with E-state index in [-0.39, 0.29) is 11.8 Å². The number of rotatable bonds is 6. The van der Waals surface area contributed by atoms with E-state index in [9.17, 15) is 9.59 Å². The molecule has 1 saturated heterocycles. The van der Waals surface area contributed by atoms with Crippen molar-refractivity contribution in [1.82, 2.24) is 4.90 Å². The van der Waals surface area contributed by atoms with Crippen LogP contribution in [0, 0.1) is 0 Å². The van der Waals surface area contributed by atoms with Gasteiger partial charge < -0.3 is 10.2 Å². The van der Waals surface area contributed by atoms with E-state index < -0.39 is 0 Å². The Morgan fingerprint density at radius 3 is 2.33 bits per heavy atom. The highest BCUT2D eigenvalue weighted by atomic mass is 32.2. The molecule has 0 aromatic heterocycles. The molecule has 2 heterocycles. The smallest absolute Gasteiger partial charge is 0.286 e. The summed E-state index contributed by atoms with van der Waals surface area (Å²) < 4.78 is 0. The Balaban J connectivity index is 1.38. The number of nitrogens with zero attached hydrogens (tertiary/aromatic N) is 2. The third kappa shape index (κ3) is 3.87. The molecule has 2 aromatic rings. The molecule has 2 aliphatic rings. The van der Waals surface area contributed by atoms with E-state index in [1.165, 1.54) is 0 Å². The van der Waals surface area contributed by atoms with Crippen molar-refractivity contribution in [2.45, 2.75) is 29.1 Å². The number of amides is 2. The predicted molar refractivity (Wildman–Crippen MR) is 106 cm³/mol. The molecule has 5 nitrogen and oxygen atoms in total. The molecule has 2 aromatic carbocycles. The van der Waals surface area contributed by atoms with Gasteiger partial charge in [0.25, 0.3) is 5.91 Å². The molecule has 0 atom stereocenters. The van der Waals surface area contributed by atoms with Gasteiger partial charge in [-0.1, -0.05) is 36.0 Å². The first kappa shape index (κ1) is 18.1. The zero-order chi connectivity index (χ0) is 18.6. The quantitative estimate of drug-likeness (QED) is 0.781. The molecule has 27 heavy (non-hydrogen) atoms. The van der Waals surface area contributed by atoms with E-state index in [1.807, 2.05) is 46.2 Å². The molecule has 0 radical (unpaired) electrons. The minimum absolute atomic E-state index is 0.0902. The second kappa shape index (κ2) is 8.15. The molecular formula is C21H24N3O2S+. The highest BCUT2D eigenvalue weighted by Gasteiger charge is 2.28. The molecular weight excluding hydrogens is 358 g/mol. The van der Waals surface area contributed by atoms with Crippen LogP contribution in [0.15, 0.2) is 58.3 Å². The first-order valence-electron chi connectivity index (χ1n) is 9.52. The van der Waals surface area contributed by atoms with Crippen molar-refractivity contribution in [3.05, 3.63) is 48.5 Å². The number of carbonyl (C=O) groups excluding carboxylic acids is 2. The second-order valence-electron chi connectivity index (χ2n) is 6.89. The van der Waals surface area contributed by atoms with Crippen molar-refractivity contribution in [2.24, 2.45) is 0 Å².